The zero-order chi connectivity index (χ0) is 16.7. The highest BCUT2D eigenvalue weighted by Crippen LogP contribution is 2.49. The van der Waals surface area contributed by atoms with Crippen LogP contribution in [0, 0.1) is 5.92 Å². The van der Waals surface area contributed by atoms with Crippen molar-refractivity contribution in [2.24, 2.45) is 5.92 Å². The van der Waals surface area contributed by atoms with Gasteiger partial charge in [0.15, 0.2) is 0 Å². The van der Waals surface area contributed by atoms with E-state index in [9.17, 15) is 4.79 Å². The molecule has 2 aromatic rings. The van der Waals surface area contributed by atoms with Gasteiger partial charge >= 0.3 is 0 Å². The van der Waals surface area contributed by atoms with Gasteiger partial charge in [-0.05, 0) is 31.4 Å². The Labute approximate surface area is 142 Å². The van der Waals surface area contributed by atoms with E-state index in [-0.39, 0.29) is 11.8 Å². The number of piperidine rings is 1. The molecule has 24 heavy (non-hydrogen) atoms. The van der Waals surface area contributed by atoms with Crippen LogP contribution < -0.4 is 0 Å². The maximum absolute atomic E-state index is 12.9. The molecule has 2 fully saturated rings. The molecule has 0 spiro atoms. The van der Waals surface area contributed by atoms with Crippen LogP contribution in [0.25, 0.3) is 0 Å². The van der Waals surface area contributed by atoms with Crippen LogP contribution in [0.5, 0.6) is 0 Å². The average molecular weight is 327 g/mol. The number of amides is 1. The first-order chi connectivity index (χ1) is 11.6. The van der Waals surface area contributed by atoms with Gasteiger partial charge in [0.25, 0.3) is 0 Å². The van der Waals surface area contributed by atoms with Crippen molar-refractivity contribution in [3.63, 3.8) is 0 Å². The first kappa shape index (κ1) is 15.5. The summed E-state index contributed by atoms with van der Waals surface area (Å²) in [5, 5.41) is 0. The zero-order valence-corrected chi connectivity index (χ0v) is 14.4. The molecule has 0 N–H and O–H groups in total. The molecule has 5 heteroatoms. The van der Waals surface area contributed by atoms with E-state index in [2.05, 4.69) is 34.5 Å². The van der Waals surface area contributed by atoms with Crippen molar-refractivity contribution in [1.29, 1.82) is 0 Å². The van der Waals surface area contributed by atoms with Gasteiger partial charge < -0.3 is 13.9 Å². The van der Waals surface area contributed by atoms with E-state index in [0.29, 0.717) is 17.9 Å². The Balaban J connectivity index is 1.44. The standard InChI is InChI=1S/C19H25N3O2/c1-13(2)18-20-7-9-22(18)14-5-3-8-21(12-14)19(23)16-11-15(16)17-6-4-10-24-17/h4,6-7,9-10,13-16H,3,5,8,11-12H2,1-2H3. The number of furan rings is 1. The van der Waals surface area contributed by atoms with Crippen LogP contribution in [-0.2, 0) is 4.79 Å². The highest BCUT2D eigenvalue weighted by atomic mass is 16.3. The van der Waals surface area contributed by atoms with Crippen molar-refractivity contribution in [2.45, 2.75) is 51.0 Å². The summed E-state index contributed by atoms with van der Waals surface area (Å²) < 4.78 is 7.74. The van der Waals surface area contributed by atoms with Crippen LogP contribution in [-0.4, -0.2) is 33.4 Å². The molecule has 0 aromatic carbocycles. The van der Waals surface area contributed by atoms with Crippen molar-refractivity contribution < 1.29 is 9.21 Å². The number of carbonyl (C=O) groups excluding carboxylic acids is 1. The minimum absolute atomic E-state index is 0.113. The topological polar surface area (TPSA) is 51.3 Å². The maximum atomic E-state index is 12.9. The first-order valence-electron chi connectivity index (χ1n) is 9.00. The summed E-state index contributed by atoms with van der Waals surface area (Å²) in [6.45, 7) is 6.02. The van der Waals surface area contributed by atoms with Gasteiger partial charge in [-0.25, -0.2) is 4.98 Å². The highest BCUT2D eigenvalue weighted by Gasteiger charge is 2.48. The fraction of sp³-hybridized carbons (Fsp3) is 0.579. The summed E-state index contributed by atoms with van der Waals surface area (Å²) in [6.07, 6.45) is 8.74. The van der Waals surface area contributed by atoms with E-state index < -0.39 is 0 Å². The van der Waals surface area contributed by atoms with E-state index >= 15 is 0 Å². The molecule has 4 rings (SSSR count). The lowest BCUT2D eigenvalue weighted by atomic mass is 10.0. The summed E-state index contributed by atoms with van der Waals surface area (Å²) in [5.41, 5.74) is 0. The number of nitrogens with zero attached hydrogens (tertiary/aromatic N) is 3. The lowest BCUT2D eigenvalue weighted by Gasteiger charge is -2.34. The number of hydrogen-bond donors (Lipinski definition) is 0. The van der Waals surface area contributed by atoms with Crippen molar-refractivity contribution in [1.82, 2.24) is 14.5 Å². The number of hydrogen-bond acceptors (Lipinski definition) is 3. The Hall–Kier alpha value is -2.04. The molecular weight excluding hydrogens is 302 g/mol. The Morgan fingerprint density at radius 2 is 2.29 bits per heavy atom. The van der Waals surface area contributed by atoms with Crippen LogP contribution in [0.1, 0.15) is 62.6 Å². The first-order valence-corrected chi connectivity index (χ1v) is 9.00. The third kappa shape index (κ3) is 2.76. The monoisotopic (exact) mass is 327 g/mol. The van der Waals surface area contributed by atoms with Crippen molar-refractivity contribution in [2.75, 3.05) is 13.1 Å². The molecule has 5 nitrogen and oxygen atoms in total. The van der Waals surface area contributed by atoms with Crippen LogP contribution in [0.15, 0.2) is 35.2 Å². The minimum Gasteiger partial charge on any atom is -0.469 e. The molecule has 128 valence electrons. The Morgan fingerprint density at radius 1 is 1.42 bits per heavy atom. The summed E-state index contributed by atoms with van der Waals surface area (Å²) in [5.74, 6) is 3.17. The largest absolute Gasteiger partial charge is 0.469 e. The van der Waals surface area contributed by atoms with Gasteiger partial charge in [0.1, 0.15) is 11.6 Å². The predicted octanol–water partition coefficient (Wildman–Crippen LogP) is 3.57. The number of rotatable bonds is 4. The lowest BCUT2D eigenvalue weighted by Crippen LogP contribution is -2.42. The van der Waals surface area contributed by atoms with Gasteiger partial charge in [0.2, 0.25) is 5.91 Å². The van der Waals surface area contributed by atoms with Crippen LogP contribution in [0.3, 0.4) is 0 Å². The van der Waals surface area contributed by atoms with Gasteiger partial charge in [-0.2, -0.15) is 0 Å². The number of likely N-dealkylation sites (tertiary alicyclic amines) is 1. The van der Waals surface area contributed by atoms with E-state index in [1.54, 1.807) is 6.26 Å². The molecule has 1 aliphatic heterocycles. The zero-order valence-electron chi connectivity index (χ0n) is 14.4. The number of aromatic nitrogens is 2. The van der Waals surface area contributed by atoms with E-state index in [4.69, 9.17) is 4.42 Å². The summed E-state index contributed by atoms with van der Waals surface area (Å²) in [4.78, 5) is 19.4. The molecule has 2 aliphatic rings. The molecule has 3 unspecified atom stereocenters. The average Bonchev–Trinajstić information content (AvgIpc) is 3.03. The third-order valence-corrected chi connectivity index (χ3v) is 5.33. The van der Waals surface area contributed by atoms with Crippen molar-refractivity contribution in [3.05, 3.63) is 42.4 Å². The number of carbonyl (C=O) groups is 1. The van der Waals surface area contributed by atoms with Crippen LogP contribution in [0.4, 0.5) is 0 Å². The van der Waals surface area contributed by atoms with Crippen molar-refractivity contribution in [3.8, 4) is 0 Å². The smallest absolute Gasteiger partial charge is 0.226 e. The quantitative estimate of drug-likeness (QED) is 0.862. The van der Waals surface area contributed by atoms with Crippen LogP contribution in [0.2, 0.25) is 0 Å². The molecule has 1 saturated heterocycles. The molecular formula is C19H25N3O2. The summed E-state index contributed by atoms with van der Waals surface area (Å²) in [7, 11) is 0. The van der Waals surface area contributed by atoms with E-state index in [1.165, 1.54) is 0 Å². The SMILES string of the molecule is CC(C)c1nccn1C1CCCN(C(=O)C2CC2c2ccco2)C1. The number of imidazole rings is 1. The lowest BCUT2D eigenvalue weighted by molar-refractivity contribution is -0.134. The predicted molar refractivity (Wildman–Crippen MR) is 90.7 cm³/mol. The molecule has 3 heterocycles. The maximum Gasteiger partial charge on any atom is 0.226 e. The molecule has 0 radical (unpaired) electrons. The second-order valence-electron chi connectivity index (χ2n) is 7.39. The van der Waals surface area contributed by atoms with Gasteiger partial charge in [-0.1, -0.05) is 13.8 Å². The Kier molecular flexibility index (Phi) is 3.94. The van der Waals surface area contributed by atoms with Crippen molar-refractivity contribution >= 4 is 5.91 Å². The van der Waals surface area contributed by atoms with Gasteiger partial charge in [0.05, 0.1) is 12.3 Å². The molecule has 1 aliphatic carbocycles. The Morgan fingerprint density at radius 3 is 3.04 bits per heavy atom. The molecule has 0 bridgehead atoms. The third-order valence-electron chi connectivity index (χ3n) is 5.33. The fourth-order valence-electron chi connectivity index (χ4n) is 3.98. The Bertz CT molecular complexity index is 704. The molecule has 2 aromatic heterocycles. The van der Waals surface area contributed by atoms with Gasteiger partial charge in [0, 0.05) is 43.2 Å². The van der Waals surface area contributed by atoms with Crippen LogP contribution >= 0.6 is 0 Å². The normalized spacial score (nSPS) is 26.8. The fourth-order valence-corrected chi connectivity index (χ4v) is 3.98. The van der Waals surface area contributed by atoms with E-state index in [1.807, 2.05) is 18.3 Å². The summed E-state index contributed by atoms with van der Waals surface area (Å²) >= 11 is 0. The van der Waals surface area contributed by atoms with E-state index in [0.717, 1.165) is 43.9 Å². The molecule has 1 saturated carbocycles. The second-order valence-corrected chi connectivity index (χ2v) is 7.39. The van der Waals surface area contributed by atoms with Gasteiger partial charge in [-0.3, -0.25) is 4.79 Å². The minimum atomic E-state index is 0.113. The highest BCUT2D eigenvalue weighted by molar-refractivity contribution is 5.83. The molecule has 3 atom stereocenters. The van der Waals surface area contributed by atoms with Gasteiger partial charge in [-0.15, -0.1) is 0 Å². The second kappa shape index (κ2) is 6.11. The summed E-state index contributed by atoms with van der Waals surface area (Å²) in [6, 6.07) is 4.24. The molecule has 1 amide bonds.